The SMILES string of the molecule is CCCCCC(CNCCOC)C(C)C. The topological polar surface area (TPSA) is 21.3 Å². The number of rotatable bonds is 10. The van der Waals surface area contributed by atoms with E-state index in [1.54, 1.807) is 7.11 Å². The van der Waals surface area contributed by atoms with Crippen molar-refractivity contribution in [2.24, 2.45) is 11.8 Å². The average molecular weight is 215 g/mol. The molecule has 2 nitrogen and oxygen atoms in total. The summed E-state index contributed by atoms with van der Waals surface area (Å²) >= 11 is 0. The third-order valence-corrected chi connectivity index (χ3v) is 3.01. The van der Waals surface area contributed by atoms with Gasteiger partial charge in [0.15, 0.2) is 0 Å². The second kappa shape index (κ2) is 10.4. The Bertz CT molecular complexity index is 126. The first-order valence-corrected chi connectivity index (χ1v) is 6.42. The average Bonchev–Trinajstić information content (AvgIpc) is 2.21. The highest BCUT2D eigenvalue weighted by atomic mass is 16.5. The van der Waals surface area contributed by atoms with Crippen molar-refractivity contribution < 1.29 is 4.74 Å². The van der Waals surface area contributed by atoms with Crippen LogP contribution in [0.2, 0.25) is 0 Å². The minimum absolute atomic E-state index is 0.789. The summed E-state index contributed by atoms with van der Waals surface area (Å²) < 4.78 is 5.02. The highest BCUT2D eigenvalue weighted by Gasteiger charge is 2.11. The minimum Gasteiger partial charge on any atom is -0.383 e. The molecule has 0 amide bonds. The minimum atomic E-state index is 0.789. The van der Waals surface area contributed by atoms with Gasteiger partial charge in [0.25, 0.3) is 0 Å². The summed E-state index contributed by atoms with van der Waals surface area (Å²) in [5.41, 5.74) is 0. The molecule has 0 aliphatic rings. The Balaban J connectivity index is 3.54. The molecule has 0 heterocycles. The summed E-state index contributed by atoms with van der Waals surface area (Å²) in [6, 6.07) is 0. The van der Waals surface area contributed by atoms with E-state index >= 15 is 0 Å². The zero-order chi connectivity index (χ0) is 11.5. The van der Waals surface area contributed by atoms with Gasteiger partial charge in [-0.2, -0.15) is 0 Å². The van der Waals surface area contributed by atoms with Crippen LogP contribution in [0.3, 0.4) is 0 Å². The van der Waals surface area contributed by atoms with Crippen molar-refractivity contribution in [3.05, 3.63) is 0 Å². The molecule has 1 atom stereocenters. The van der Waals surface area contributed by atoms with Gasteiger partial charge in [-0.05, 0) is 24.8 Å². The van der Waals surface area contributed by atoms with Crippen molar-refractivity contribution in [3.63, 3.8) is 0 Å². The molecule has 0 spiro atoms. The lowest BCUT2D eigenvalue weighted by Crippen LogP contribution is -2.28. The fourth-order valence-corrected chi connectivity index (χ4v) is 1.79. The van der Waals surface area contributed by atoms with Gasteiger partial charge in [0, 0.05) is 13.7 Å². The first kappa shape index (κ1) is 14.9. The second-order valence-corrected chi connectivity index (χ2v) is 4.70. The van der Waals surface area contributed by atoms with E-state index in [0.717, 1.165) is 31.5 Å². The van der Waals surface area contributed by atoms with Crippen molar-refractivity contribution in [2.75, 3.05) is 26.8 Å². The Kier molecular flexibility index (Phi) is 10.4. The Morgan fingerprint density at radius 2 is 1.93 bits per heavy atom. The third kappa shape index (κ3) is 8.88. The maximum atomic E-state index is 5.02. The lowest BCUT2D eigenvalue weighted by atomic mass is 9.90. The lowest BCUT2D eigenvalue weighted by molar-refractivity contribution is 0.195. The van der Waals surface area contributed by atoms with E-state index in [9.17, 15) is 0 Å². The summed E-state index contributed by atoms with van der Waals surface area (Å²) in [4.78, 5) is 0. The molecular weight excluding hydrogens is 186 g/mol. The van der Waals surface area contributed by atoms with Gasteiger partial charge in [-0.25, -0.2) is 0 Å². The largest absolute Gasteiger partial charge is 0.383 e. The van der Waals surface area contributed by atoms with E-state index in [1.165, 1.54) is 25.7 Å². The fourth-order valence-electron chi connectivity index (χ4n) is 1.79. The summed E-state index contributed by atoms with van der Waals surface area (Å²) in [7, 11) is 1.75. The number of methoxy groups -OCH3 is 1. The van der Waals surface area contributed by atoms with Crippen LogP contribution >= 0.6 is 0 Å². The van der Waals surface area contributed by atoms with E-state index in [1.807, 2.05) is 0 Å². The third-order valence-electron chi connectivity index (χ3n) is 3.01. The molecule has 0 aliphatic heterocycles. The maximum Gasteiger partial charge on any atom is 0.0587 e. The van der Waals surface area contributed by atoms with E-state index in [0.29, 0.717) is 0 Å². The van der Waals surface area contributed by atoms with Crippen LogP contribution in [-0.4, -0.2) is 26.8 Å². The van der Waals surface area contributed by atoms with E-state index in [4.69, 9.17) is 4.74 Å². The van der Waals surface area contributed by atoms with Crippen LogP contribution in [0, 0.1) is 11.8 Å². The van der Waals surface area contributed by atoms with Gasteiger partial charge >= 0.3 is 0 Å². The molecule has 0 aromatic heterocycles. The Labute approximate surface area is 95.8 Å². The monoisotopic (exact) mass is 215 g/mol. The van der Waals surface area contributed by atoms with Gasteiger partial charge in [-0.15, -0.1) is 0 Å². The van der Waals surface area contributed by atoms with Crippen LogP contribution in [0.1, 0.15) is 46.5 Å². The van der Waals surface area contributed by atoms with Crippen LogP contribution in [0.4, 0.5) is 0 Å². The molecular formula is C13H29NO. The van der Waals surface area contributed by atoms with E-state index in [2.05, 4.69) is 26.1 Å². The standard InChI is InChI=1S/C13H29NO/c1-5-6-7-8-13(12(2)3)11-14-9-10-15-4/h12-14H,5-11H2,1-4H3. The number of ether oxygens (including phenoxy) is 1. The molecule has 0 aromatic rings. The molecule has 0 bridgehead atoms. The lowest BCUT2D eigenvalue weighted by Gasteiger charge is -2.21. The smallest absolute Gasteiger partial charge is 0.0587 e. The molecule has 0 saturated carbocycles. The fraction of sp³-hybridized carbons (Fsp3) is 1.00. The molecule has 0 aliphatic carbocycles. The summed E-state index contributed by atoms with van der Waals surface area (Å²) in [6.07, 6.45) is 5.44. The molecule has 0 fully saturated rings. The molecule has 92 valence electrons. The highest BCUT2D eigenvalue weighted by molar-refractivity contribution is 4.66. The Morgan fingerprint density at radius 1 is 1.20 bits per heavy atom. The van der Waals surface area contributed by atoms with Gasteiger partial charge in [0.2, 0.25) is 0 Å². The molecule has 0 aromatic carbocycles. The Morgan fingerprint density at radius 3 is 2.47 bits per heavy atom. The zero-order valence-electron chi connectivity index (χ0n) is 11.0. The second-order valence-electron chi connectivity index (χ2n) is 4.70. The van der Waals surface area contributed by atoms with Gasteiger partial charge < -0.3 is 10.1 Å². The molecule has 0 radical (unpaired) electrons. The van der Waals surface area contributed by atoms with Crippen molar-refractivity contribution in [3.8, 4) is 0 Å². The molecule has 2 heteroatoms. The van der Waals surface area contributed by atoms with E-state index < -0.39 is 0 Å². The van der Waals surface area contributed by atoms with Gasteiger partial charge in [-0.3, -0.25) is 0 Å². The molecule has 1 N–H and O–H groups in total. The van der Waals surface area contributed by atoms with Crippen LogP contribution < -0.4 is 5.32 Å². The molecule has 0 rings (SSSR count). The molecule has 15 heavy (non-hydrogen) atoms. The molecule has 1 unspecified atom stereocenters. The first-order chi connectivity index (χ1) is 7.22. The normalized spacial score (nSPS) is 13.4. The van der Waals surface area contributed by atoms with E-state index in [-0.39, 0.29) is 0 Å². The summed E-state index contributed by atoms with van der Waals surface area (Å²) in [5, 5.41) is 3.47. The number of nitrogens with one attached hydrogen (secondary N) is 1. The van der Waals surface area contributed by atoms with Crippen molar-refractivity contribution in [2.45, 2.75) is 46.5 Å². The van der Waals surface area contributed by atoms with Crippen LogP contribution in [0.15, 0.2) is 0 Å². The maximum absolute atomic E-state index is 5.02. The van der Waals surface area contributed by atoms with Crippen molar-refractivity contribution in [1.82, 2.24) is 5.32 Å². The molecule has 0 saturated heterocycles. The summed E-state index contributed by atoms with van der Waals surface area (Å²) in [6.45, 7) is 9.86. The predicted molar refractivity (Wildman–Crippen MR) is 67.2 cm³/mol. The van der Waals surface area contributed by atoms with Crippen molar-refractivity contribution in [1.29, 1.82) is 0 Å². The van der Waals surface area contributed by atoms with Gasteiger partial charge in [-0.1, -0.05) is 40.0 Å². The van der Waals surface area contributed by atoms with Crippen LogP contribution in [-0.2, 0) is 4.74 Å². The van der Waals surface area contributed by atoms with Crippen molar-refractivity contribution >= 4 is 0 Å². The zero-order valence-corrected chi connectivity index (χ0v) is 11.0. The number of hydrogen-bond donors (Lipinski definition) is 1. The van der Waals surface area contributed by atoms with Crippen LogP contribution in [0.5, 0.6) is 0 Å². The van der Waals surface area contributed by atoms with Crippen LogP contribution in [0.25, 0.3) is 0 Å². The van der Waals surface area contributed by atoms with Gasteiger partial charge in [0.1, 0.15) is 0 Å². The summed E-state index contributed by atoms with van der Waals surface area (Å²) in [5.74, 6) is 1.62. The first-order valence-electron chi connectivity index (χ1n) is 6.42. The number of unbranched alkanes of at least 4 members (excludes halogenated alkanes) is 2. The van der Waals surface area contributed by atoms with Gasteiger partial charge in [0.05, 0.1) is 6.61 Å². The quantitative estimate of drug-likeness (QED) is 0.565. The predicted octanol–water partition coefficient (Wildman–Crippen LogP) is 3.07. The highest BCUT2D eigenvalue weighted by Crippen LogP contribution is 2.17. The Hall–Kier alpha value is -0.0800. The number of hydrogen-bond acceptors (Lipinski definition) is 2.